The van der Waals surface area contributed by atoms with Crippen molar-refractivity contribution in [3.63, 3.8) is 0 Å². The Hall–Kier alpha value is -2.32. The van der Waals surface area contributed by atoms with Gasteiger partial charge in [-0.05, 0) is 83.5 Å². The van der Waals surface area contributed by atoms with Gasteiger partial charge in [0.05, 0.1) is 39.9 Å². The number of hydrogen-bond donors (Lipinski definition) is 2. The molecule has 9 heteroatoms. The molecule has 0 bridgehead atoms. The highest BCUT2D eigenvalue weighted by Crippen LogP contribution is 2.38. The van der Waals surface area contributed by atoms with Crippen LogP contribution in [0.25, 0.3) is 0 Å². The van der Waals surface area contributed by atoms with E-state index in [1.807, 2.05) is 27.2 Å². The minimum atomic E-state index is -4.61. The predicted octanol–water partition coefficient (Wildman–Crippen LogP) is 17.4. The summed E-state index contributed by atoms with van der Waals surface area (Å²) in [7, 11) is 1.23. The maximum atomic E-state index is 13.0. The quantitative estimate of drug-likeness (QED) is 0.0272. The Labute approximate surface area is 439 Å². The molecule has 3 unspecified atom stereocenters. The molecule has 8 nitrogen and oxygen atoms in total. The Kier molecular flexibility index (Phi) is 50.8. The summed E-state index contributed by atoms with van der Waals surface area (Å²) in [4.78, 5) is 25.5. The molecule has 3 atom stereocenters. The standard InChI is InChI=1S/C62H113N2O6P/c1-6-8-10-12-14-16-18-20-22-24-26-28-29-30-31-32-33-34-35-36-38-40-42-44-46-48-50-52-54-56-62(66)63-60(59-70-71(67,68)69-58-57-64(3,4)5)61(65)55-53-51-49-47-45-43-41-39-37-27-25-23-21-19-17-15-13-11-9-7-2/h8,10,14,16,20,22,26,28,37,39,45,47,53,55,60-61,65H,6-7,9,11-13,15,17-19,21,23-25,27,29-36,38,40-44,46,48-52,54,56-59H2,1-5H3,(H-,63,66,67,68)/b10-8-,16-14-,22-20-,28-26-,39-37+,47-45+,55-53+. The lowest BCUT2D eigenvalue weighted by Gasteiger charge is -2.29. The summed E-state index contributed by atoms with van der Waals surface area (Å²) >= 11 is 0. The Morgan fingerprint density at radius 2 is 0.873 bits per heavy atom. The molecular weight excluding hydrogens is 900 g/mol. The zero-order chi connectivity index (χ0) is 52.0. The van der Waals surface area contributed by atoms with Crippen LogP contribution in [0.15, 0.2) is 85.1 Å². The van der Waals surface area contributed by atoms with Crippen LogP contribution in [0.5, 0.6) is 0 Å². The van der Waals surface area contributed by atoms with E-state index in [0.29, 0.717) is 17.4 Å². The highest BCUT2D eigenvalue weighted by molar-refractivity contribution is 7.45. The van der Waals surface area contributed by atoms with E-state index in [4.69, 9.17) is 9.05 Å². The van der Waals surface area contributed by atoms with Crippen molar-refractivity contribution in [1.29, 1.82) is 0 Å². The molecule has 0 aliphatic rings. The SMILES string of the molecule is CC/C=C\C/C=C\C/C=C\C/C=C\CCCCCCCCCCCCCCCCCCC(=O)NC(COP(=O)([O-])OCC[N+](C)(C)C)C(O)/C=C/CC/C=C/CC/C=C/CCCCCCCCCCCC. The number of phosphoric ester groups is 1. The summed E-state index contributed by atoms with van der Waals surface area (Å²) in [5.74, 6) is -0.212. The molecule has 412 valence electrons. The lowest BCUT2D eigenvalue weighted by atomic mass is 10.0. The lowest BCUT2D eigenvalue weighted by molar-refractivity contribution is -0.870. The zero-order valence-electron chi connectivity index (χ0n) is 46.9. The minimum Gasteiger partial charge on any atom is -0.756 e. The molecule has 2 N–H and O–H groups in total. The van der Waals surface area contributed by atoms with E-state index in [-0.39, 0.29) is 12.5 Å². The number of quaternary nitrogens is 1. The number of allylic oxidation sites excluding steroid dienone is 13. The van der Waals surface area contributed by atoms with Gasteiger partial charge in [-0.25, -0.2) is 0 Å². The summed E-state index contributed by atoms with van der Waals surface area (Å²) in [5.41, 5.74) is 0. The van der Waals surface area contributed by atoms with Crippen LogP contribution in [0, 0.1) is 0 Å². The van der Waals surface area contributed by atoms with Crippen molar-refractivity contribution in [3.8, 4) is 0 Å². The third-order valence-corrected chi connectivity index (χ3v) is 13.8. The first-order valence-electron chi connectivity index (χ1n) is 29.4. The van der Waals surface area contributed by atoms with Crippen molar-refractivity contribution in [2.75, 3.05) is 40.9 Å². The number of aliphatic hydroxyl groups excluding tert-OH is 1. The van der Waals surface area contributed by atoms with Crippen LogP contribution >= 0.6 is 7.82 Å². The molecule has 1 amide bonds. The topological polar surface area (TPSA) is 108 Å². The summed E-state index contributed by atoms with van der Waals surface area (Å²) in [5, 5.41) is 13.9. The number of hydrogen-bond acceptors (Lipinski definition) is 6. The predicted molar refractivity (Wildman–Crippen MR) is 307 cm³/mol. The van der Waals surface area contributed by atoms with Gasteiger partial charge in [-0.2, -0.15) is 0 Å². The molecule has 0 radical (unpaired) electrons. The average Bonchev–Trinajstić information content (AvgIpc) is 3.33. The van der Waals surface area contributed by atoms with Gasteiger partial charge in [-0.1, -0.05) is 247 Å². The second-order valence-electron chi connectivity index (χ2n) is 20.9. The van der Waals surface area contributed by atoms with E-state index >= 15 is 0 Å². The first-order valence-corrected chi connectivity index (χ1v) is 30.9. The summed E-state index contributed by atoms with van der Waals surface area (Å²) in [6.07, 6.45) is 73.8. The van der Waals surface area contributed by atoms with Crippen molar-refractivity contribution in [2.45, 2.75) is 264 Å². The van der Waals surface area contributed by atoms with Gasteiger partial charge in [0.25, 0.3) is 7.82 Å². The molecule has 0 aromatic rings. The van der Waals surface area contributed by atoms with Gasteiger partial charge in [0, 0.05) is 6.42 Å². The number of carbonyl (C=O) groups excluding carboxylic acids is 1. The first-order chi connectivity index (χ1) is 34.5. The number of phosphoric acid groups is 1. The monoisotopic (exact) mass is 1010 g/mol. The van der Waals surface area contributed by atoms with E-state index in [1.54, 1.807) is 6.08 Å². The third kappa shape index (κ3) is 55.3. The highest BCUT2D eigenvalue weighted by atomic mass is 31.2. The molecule has 0 aliphatic heterocycles. The van der Waals surface area contributed by atoms with Crippen LogP contribution in [0.4, 0.5) is 0 Å². The number of unbranched alkanes of at least 4 members (excludes halogenated alkanes) is 28. The van der Waals surface area contributed by atoms with Crippen molar-refractivity contribution in [3.05, 3.63) is 85.1 Å². The Morgan fingerprint density at radius 3 is 1.31 bits per heavy atom. The minimum absolute atomic E-state index is 0.0113. The second-order valence-corrected chi connectivity index (χ2v) is 22.4. The molecule has 0 saturated carbocycles. The molecule has 71 heavy (non-hydrogen) atoms. The van der Waals surface area contributed by atoms with E-state index in [2.05, 4.69) is 92.1 Å². The van der Waals surface area contributed by atoms with Crippen molar-refractivity contribution in [1.82, 2.24) is 5.32 Å². The maximum absolute atomic E-state index is 13.0. The largest absolute Gasteiger partial charge is 0.756 e. The molecular formula is C62H113N2O6P. The molecule has 0 aromatic heterocycles. The Bertz CT molecular complexity index is 1430. The fraction of sp³-hybridized carbons (Fsp3) is 0.758. The normalized spacial score (nSPS) is 14.5. The number of carbonyl (C=O) groups is 1. The first kappa shape index (κ1) is 68.7. The van der Waals surface area contributed by atoms with E-state index in [0.717, 1.165) is 70.6 Å². The smallest absolute Gasteiger partial charge is 0.268 e. The van der Waals surface area contributed by atoms with Crippen LogP contribution in [0.1, 0.15) is 251 Å². The molecule has 0 aliphatic carbocycles. The number of amides is 1. The van der Waals surface area contributed by atoms with Crippen LogP contribution in [0.2, 0.25) is 0 Å². The van der Waals surface area contributed by atoms with Gasteiger partial charge in [0.2, 0.25) is 5.91 Å². The van der Waals surface area contributed by atoms with Crippen LogP contribution in [-0.2, 0) is 18.4 Å². The summed E-state index contributed by atoms with van der Waals surface area (Å²) < 4.78 is 23.3. The number of rotatable bonds is 53. The molecule has 0 aromatic carbocycles. The van der Waals surface area contributed by atoms with Gasteiger partial charge in [0.15, 0.2) is 0 Å². The third-order valence-electron chi connectivity index (χ3n) is 12.8. The average molecular weight is 1010 g/mol. The second kappa shape index (κ2) is 52.5. The van der Waals surface area contributed by atoms with Crippen molar-refractivity contribution in [2.24, 2.45) is 0 Å². The number of likely N-dealkylation sites (N-methyl/N-ethyl adjacent to an activating group) is 1. The summed E-state index contributed by atoms with van der Waals surface area (Å²) in [6.45, 7) is 4.52. The van der Waals surface area contributed by atoms with Gasteiger partial charge in [-0.15, -0.1) is 0 Å². The van der Waals surface area contributed by atoms with Gasteiger partial charge < -0.3 is 28.8 Å². The number of aliphatic hydroxyl groups is 1. The maximum Gasteiger partial charge on any atom is 0.268 e. The Morgan fingerprint density at radius 1 is 0.507 bits per heavy atom. The van der Waals surface area contributed by atoms with Gasteiger partial charge in [-0.3, -0.25) is 9.36 Å². The summed E-state index contributed by atoms with van der Waals surface area (Å²) in [6, 6.07) is -0.914. The van der Waals surface area contributed by atoms with Gasteiger partial charge in [0.1, 0.15) is 13.2 Å². The van der Waals surface area contributed by atoms with Crippen LogP contribution < -0.4 is 10.2 Å². The van der Waals surface area contributed by atoms with Crippen LogP contribution in [0.3, 0.4) is 0 Å². The fourth-order valence-electron chi connectivity index (χ4n) is 8.24. The molecule has 0 spiro atoms. The lowest BCUT2D eigenvalue weighted by Crippen LogP contribution is -2.45. The van der Waals surface area contributed by atoms with Crippen LogP contribution in [-0.4, -0.2) is 68.5 Å². The van der Waals surface area contributed by atoms with E-state index < -0.39 is 26.6 Å². The van der Waals surface area contributed by atoms with Crippen molar-refractivity contribution >= 4 is 13.7 Å². The molecule has 0 fully saturated rings. The van der Waals surface area contributed by atoms with Gasteiger partial charge >= 0.3 is 0 Å². The van der Waals surface area contributed by atoms with E-state index in [1.165, 1.54) is 161 Å². The molecule has 0 saturated heterocycles. The number of nitrogens with zero attached hydrogens (tertiary/aromatic N) is 1. The molecule has 0 heterocycles. The highest BCUT2D eigenvalue weighted by Gasteiger charge is 2.23. The Balaban J connectivity index is 4.22. The fourth-order valence-corrected chi connectivity index (χ4v) is 8.96. The zero-order valence-corrected chi connectivity index (χ0v) is 47.8. The van der Waals surface area contributed by atoms with E-state index in [9.17, 15) is 19.4 Å². The number of nitrogens with one attached hydrogen (secondary N) is 1. The van der Waals surface area contributed by atoms with Crippen molar-refractivity contribution < 1.29 is 32.9 Å². The molecule has 0 rings (SSSR count).